The Hall–Kier alpha value is -6.22. The molecule has 6 aromatic rings. The van der Waals surface area contributed by atoms with E-state index >= 15 is 0 Å². The van der Waals surface area contributed by atoms with Gasteiger partial charge in [-0.1, -0.05) is 74.5 Å². The monoisotopic (exact) mass is 798 g/mol. The molecule has 7 nitrogen and oxygen atoms in total. The number of hydrogen-bond donors (Lipinski definition) is 0. The number of carbonyl (C=O) groups excluding carboxylic acids is 2. The SMILES string of the molecule is CCOc1ccccc1-c1ccc(CC(=O)CCc2cc(F)cc(OCC(C)C)c2)nc1.CCOc1ccccc1-c1ccc(CC(=O)CCc2cccc(F)c2)nc1. The molecule has 2 heterocycles. The first-order valence-corrected chi connectivity index (χ1v) is 20.1. The average molecular weight is 799 g/mol. The summed E-state index contributed by atoms with van der Waals surface area (Å²) >= 11 is 0. The van der Waals surface area contributed by atoms with Gasteiger partial charge in [0.15, 0.2) is 0 Å². The highest BCUT2D eigenvalue weighted by Gasteiger charge is 2.12. The molecule has 0 aliphatic rings. The van der Waals surface area contributed by atoms with Crippen LogP contribution in [0, 0.1) is 17.6 Å². The Morgan fingerprint density at radius 2 is 1.10 bits per heavy atom. The van der Waals surface area contributed by atoms with E-state index in [1.54, 1.807) is 18.5 Å². The van der Waals surface area contributed by atoms with Gasteiger partial charge in [0.05, 0.1) is 19.8 Å². The van der Waals surface area contributed by atoms with E-state index in [1.165, 1.54) is 24.3 Å². The van der Waals surface area contributed by atoms with Crippen LogP contribution in [0.1, 0.15) is 63.1 Å². The summed E-state index contributed by atoms with van der Waals surface area (Å²) in [6.07, 6.45) is 5.77. The van der Waals surface area contributed by atoms with Gasteiger partial charge in [0.25, 0.3) is 0 Å². The van der Waals surface area contributed by atoms with Gasteiger partial charge in [-0.25, -0.2) is 8.78 Å². The number of ketones is 2. The molecule has 0 spiro atoms. The molecule has 0 N–H and O–H groups in total. The second-order valence-corrected chi connectivity index (χ2v) is 14.5. The molecule has 59 heavy (non-hydrogen) atoms. The van der Waals surface area contributed by atoms with Crippen LogP contribution in [-0.4, -0.2) is 41.4 Å². The summed E-state index contributed by atoms with van der Waals surface area (Å²) in [6.45, 7) is 9.70. The highest BCUT2D eigenvalue weighted by atomic mass is 19.1. The van der Waals surface area contributed by atoms with E-state index in [4.69, 9.17) is 14.2 Å². The molecule has 2 aromatic heterocycles. The van der Waals surface area contributed by atoms with E-state index in [1.807, 2.05) is 113 Å². The van der Waals surface area contributed by atoms with Crippen LogP contribution >= 0.6 is 0 Å². The van der Waals surface area contributed by atoms with Gasteiger partial charge in [0.2, 0.25) is 0 Å². The molecule has 306 valence electrons. The number of aryl methyl sites for hydroxylation is 2. The Kier molecular flexibility index (Phi) is 16.9. The van der Waals surface area contributed by atoms with Gasteiger partial charge >= 0.3 is 0 Å². The van der Waals surface area contributed by atoms with Gasteiger partial charge < -0.3 is 14.2 Å². The third-order valence-corrected chi connectivity index (χ3v) is 9.19. The number of rotatable bonds is 19. The first kappa shape index (κ1) is 43.9. The lowest BCUT2D eigenvalue weighted by Crippen LogP contribution is -2.07. The molecule has 0 bridgehead atoms. The van der Waals surface area contributed by atoms with Gasteiger partial charge in [-0.05, 0) is 92.3 Å². The Labute approximate surface area is 346 Å². The summed E-state index contributed by atoms with van der Waals surface area (Å²) in [4.78, 5) is 33.6. The van der Waals surface area contributed by atoms with Gasteiger partial charge in [0, 0.05) is 77.8 Å². The molecule has 0 aliphatic carbocycles. The van der Waals surface area contributed by atoms with Gasteiger partial charge in [-0.15, -0.1) is 0 Å². The fourth-order valence-electron chi connectivity index (χ4n) is 6.30. The smallest absolute Gasteiger partial charge is 0.139 e. The number of hydrogen-bond acceptors (Lipinski definition) is 7. The summed E-state index contributed by atoms with van der Waals surface area (Å²) in [5, 5.41) is 0. The lowest BCUT2D eigenvalue weighted by molar-refractivity contribution is -0.119. The number of para-hydroxylation sites is 2. The molecule has 0 amide bonds. The van der Waals surface area contributed by atoms with Crippen LogP contribution in [-0.2, 0) is 35.3 Å². The van der Waals surface area contributed by atoms with Gasteiger partial charge in [-0.3, -0.25) is 19.6 Å². The Morgan fingerprint density at radius 3 is 1.59 bits per heavy atom. The number of aromatic nitrogens is 2. The number of ether oxygens (including phenoxy) is 3. The molecule has 0 aliphatic heterocycles. The van der Waals surface area contributed by atoms with Crippen molar-refractivity contribution >= 4 is 11.6 Å². The standard InChI is InChI=1S/C27H30FNO3.C23H22FNO2/c1-4-31-27-8-6-5-7-26(27)21-10-11-23(29-17-21)16-24(30)12-9-20-13-22(28)15-25(14-20)32-18-19(2)3;1-2-27-23-9-4-3-8-22(23)18-11-12-20(25-16-18)15-21(26)13-10-17-6-5-7-19(24)14-17/h5-8,10-11,13-15,17,19H,4,9,12,16,18H2,1-3H3;3-9,11-12,14,16H,2,10,13,15H2,1H3. The fraction of sp³-hybridized carbons (Fsp3) is 0.280. The summed E-state index contributed by atoms with van der Waals surface area (Å²) in [5.41, 5.74) is 6.89. The quantitative estimate of drug-likeness (QED) is 0.0806. The van der Waals surface area contributed by atoms with Gasteiger partial charge in [-0.2, -0.15) is 0 Å². The van der Waals surface area contributed by atoms with Crippen molar-refractivity contribution in [1.82, 2.24) is 9.97 Å². The largest absolute Gasteiger partial charge is 0.493 e. The minimum atomic E-state index is -0.349. The zero-order valence-electron chi connectivity index (χ0n) is 34.3. The molecule has 0 radical (unpaired) electrons. The fourth-order valence-corrected chi connectivity index (χ4v) is 6.30. The molecule has 9 heteroatoms. The molecule has 4 aromatic carbocycles. The lowest BCUT2D eigenvalue weighted by Gasteiger charge is -2.11. The second kappa shape index (κ2) is 22.6. The predicted molar refractivity (Wildman–Crippen MR) is 229 cm³/mol. The average Bonchev–Trinajstić information content (AvgIpc) is 3.23. The highest BCUT2D eigenvalue weighted by Crippen LogP contribution is 2.31. The van der Waals surface area contributed by atoms with Crippen LogP contribution in [0.15, 0.2) is 128 Å². The van der Waals surface area contributed by atoms with Crippen molar-refractivity contribution in [1.29, 1.82) is 0 Å². The Morgan fingerprint density at radius 1 is 0.576 bits per heavy atom. The molecular formula is C50H52F2N2O5. The maximum absolute atomic E-state index is 13.9. The van der Waals surface area contributed by atoms with Crippen molar-refractivity contribution in [2.45, 2.75) is 66.2 Å². The number of nitrogens with zero attached hydrogens (tertiary/aromatic N) is 2. The Bertz CT molecular complexity index is 2260. The first-order chi connectivity index (χ1) is 28.6. The minimum Gasteiger partial charge on any atom is -0.493 e. The maximum atomic E-state index is 13.9. The first-order valence-electron chi connectivity index (χ1n) is 20.1. The van der Waals surface area contributed by atoms with E-state index in [0.717, 1.165) is 50.6 Å². The van der Waals surface area contributed by atoms with E-state index in [0.29, 0.717) is 62.9 Å². The number of Topliss-reactive ketones (excluding diaryl/α,β-unsaturated/α-hetero) is 2. The molecule has 6 rings (SSSR count). The number of benzene rings is 4. The van der Waals surface area contributed by atoms with Crippen LogP contribution in [0.2, 0.25) is 0 Å². The van der Waals surface area contributed by atoms with E-state index in [-0.39, 0.29) is 36.0 Å². The molecule has 0 fully saturated rings. The molecule has 0 atom stereocenters. The summed E-state index contributed by atoms with van der Waals surface area (Å²) in [6, 6.07) is 34.3. The van der Waals surface area contributed by atoms with Crippen molar-refractivity contribution in [2.75, 3.05) is 19.8 Å². The number of pyridine rings is 2. The second-order valence-electron chi connectivity index (χ2n) is 14.5. The van der Waals surface area contributed by atoms with Crippen LogP contribution < -0.4 is 14.2 Å². The maximum Gasteiger partial charge on any atom is 0.139 e. The van der Waals surface area contributed by atoms with E-state index in [2.05, 4.69) is 9.97 Å². The third kappa shape index (κ3) is 14.3. The van der Waals surface area contributed by atoms with Crippen molar-refractivity contribution in [3.05, 3.63) is 162 Å². The summed E-state index contributed by atoms with van der Waals surface area (Å²) < 4.78 is 44.0. The topological polar surface area (TPSA) is 87.6 Å². The Balaban J connectivity index is 0.000000227. The highest BCUT2D eigenvalue weighted by molar-refractivity contribution is 5.81. The molecule has 0 unspecified atom stereocenters. The molecule has 0 saturated carbocycles. The van der Waals surface area contributed by atoms with Crippen LogP contribution in [0.3, 0.4) is 0 Å². The van der Waals surface area contributed by atoms with Crippen LogP contribution in [0.4, 0.5) is 8.78 Å². The molecule has 0 saturated heterocycles. The summed E-state index contributed by atoms with van der Waals surface area (Å²) in [7, 11) is 0. The minimum absolute atomic E-state index is 0.0638. The third-order valence-electron chi connectivity index (χ3n) is 9.19. The van der Waals surface area contributed by atoms with Crippen LogP contribution in [0.5, 0.6) is 17.2 Å². The zero-order chi connectivity index (χ0) is 42.0. The van der Waals surface area contributed by atoms with Crippen LogP contribution in [0.25, 0.3) is 22.3 Å². The van der Waals surface area contributed by atoms with Crippen molar-refractivity contribution in [2.24, 2.45) is 5.92 Å². The van der Waals surface area contributed by atoms with Gasteiger partial charge in [0.1, 0.15) is 40.4 Å². The number of carbonyl (C=O) groups is 2. The zero-order valence-corrected chi connectivity index (χ0v) is 34.3. The summed E-state index contributed by atoms with van der Waals surface area (Å²) in [5.74, 6) is 2.03. The molecular weight excluding hydrogens is 747 g/mol. The van der Waals surface area contributed by atoms with Crippen molar-refractivity contribution in [3.63, 3.8) is 0 Å². The normalized spacial score (nSPS) is 10.8. The van der Waals surface area contributed by atoms with Crippen molar-refractivity contribution in [3.8, 4) is 39.5 Å². The predicted octanol–water partition coefficient (Wildman–Crippen LogP) is 11.1. The lowest BCUT2D eigenvalue weighted by atomic mass is 10.0. The number of halogens is 2. The van der Waals surface area contributed by atoms with E-state index in [9.17, 15) is 18.4 Å². The van der Waals surface area contributed by atoms with E-state index < -0.39 is 0 Å². The van der Waals surface area contributed by atoms with Crippen molar-refractivity contribution < 1.29 is 32.6 Å².